The third kappa shape index (κ3) is 16.7. The molecule has 1 fully saturated rings. The first-order valence-electron chi connectivity index (χ1n) is 23.9. The Hall–Kier alpha value is -8.30. The van der Waals surface area contributed by atoms with Crippen molar-refractivity contribution in [2.75, 3.05) is 13.1 Å². The minimum atomic E-state index is -1.63. The molecule has 2 heterocycles. The molecule has 0 bridgehead atoms. The zero-order chi connectivity index (χ0) is 52.2. The van der Waals surface area contributed by atoms with E-state index in [9.17, 15) is 43.2 Å². The third-order valence-electron chi connectivity index (χ3n) is 11.9. The summed E-state index contributed by atoms with van der Waals surface area (Å²) >= 11 is 0. The molecule has 9 amide bonds. The van der Waals surface area contributed by atoms with Crippen molar-refractivity contribution in [1.29, 1.82) is 0 Å². The van der Waals surface area contributed by atoms with Crippen LogP contribution < -0.4 is 59.7 Å². The number of nitrogens with one attached hydrogen (secondary N) is 9. The maximum absolute atomic E-state index is 14.7. The van der Waals surface area contributed by atoms with Crippen LogP contribution in [0.15, 0.2) is 96.1 Å². The van der Waals surface area contributed by atoms with Crippen molar-refractivity contribution in [3.63, 3.8) is 0 Å². The van der Waals surface area contributed by atoms with Gasteiger partial charge in [-0.25, -0.2) is 0 Å². The van der Waals surface area contributed by atoms with E-state index >= 15 is 0 Å². The second kappa shape index (κ2) is 27.2. The molecule has 15 N–H and O–H groups in total. The van der Waals surface area contributed by atoms with E-state index in [0.717, 1.165) is 0 Å². The van der Waals surface area contributed by atoms with Crippen LogP contribution in [0.4, 0.5) is 0 Å². The number of aromatic amines is 1. The van der Waals surface area contributed by atoms with Crippen molar-refractivity contribution in [2.24, 2.45) is 22.2 Å². The molecule has 3 aromatic carbocycles. The lowest BCUT2D eigenvalue weighted by atomic mass is 10.0. The quantitative estimate of drug-likeness (QED) is 0.0381. The van der Waals surface area contributed by atoms with Crippen molar-refractivity contribution in [1.82, 2.24) is 47.5 Å². The number of benzene rings is 3. The number of rotatable bonds is 16. The van der Waals surface area contributed by atoms with Crippen LogP contribution in [0.5, 0.6) is 0 Å². The Kier molecular flexibility index (Phi) is 20.6. The van der Waals surface area contributed by atoms with Crippen LogP contribution in [0.1, 0.15) is 81.5 Å². The van der Waals surface area contributed by atoms with Gasteiger partial charge in [0.2, 0.25) is 53.2 Å². The van der Waals surface area contributed by atoms with E-state index in [2.05, 4.69) is 52.5 Å². The van der Waals surface area contributed by atoms with Gasteiger partial charge in [-0.05, 0) is 42.9 Å². The van der Waals surface area contributed by atoms with Crippen LogP contribution in [0.25, 0.3) is 10.9 Å². The Bertz CT molecular complexity index is 2570. The van der Waals surface area contributed by atoms with Crippen molar-refractivity contribution in [2.45, 2.75) is 114 Å². The number of guanidine groups is 1. The molecule has 22 heteroatoms. The maximum atomic E-state index is 14.7. The number of primary amides is 1. The van der Waals surface area contributed by atoms with Crippen LogP contribution in [0, 0.1) is 0 Å². The SMILES string of the molecule is CCCC[C@H](NC(C)=O)C(=O)N[C@@H]1CC(=O)NCC[C@@H](C(N)=O)NC(=O)[C@H](c2c[nH]c3ccccc23)NC(=O)[C@@H](CCCN=C(N)N)NC(=O)[C@H](Cc2ccccc2)NC(=O)[C@@H](Cc2ccccc2)NC1=O. The highest BCUT2D eigenvalue weighted by Crippen LogP contribution is 2.25. The lowest BCUT2D eigenvalue weighted by Crippen LogP contribution is -2.60. The fraction of sp³-hybridized carbons (Fsp3) is 0.400. The minimum Gasteiger partial charge on any atom is -0.370 e. The zero-order valence-electron chi connectivity index (χ0n) is 40.3. The van der Waals surface area contributed by atoms with E-state index in [1.807, 2.05) is 6.92 Å². The molecule has 384 valence electrons. The number of hydrogen-bond acceptors (Lipinski definition) is 10. The second-order valence-corrected chi connectivity index (χ2v) is 17.5. The first kappa shape index (κ1) is 54.6. The summed E-state index contributed by atoms with van der Waals surface area (Å²) in [5.41, 5.74) is 19.1. The van der Waals surface area contributed by atoms with Crippen LogP contribution in [0.3, 0.4) is 0 Å². The number of aliphatic imine (C=N–C) groups is 1. The van der Waals surface area contributed by atoms with Crippen LogP contribution >= 0.6 is 0 Å². The average Bonchev–Trinajstić information content (AvgIpc) is 3.78. The first-order chi connectivity index (χ1) is 34.5. The Balaban J connectivity index is 1.60. The highest BCUT2D eigenvalue weighted by Gasteiger charge is 2.36. The summed E-state index contributed by atoms with van der Waals surface area (Å²) in [7, 11) is 0. The van der Waals surface area contributed by atoms with Gasteiger partial charge in [0.15, 0.2) is 5.96 Å². The molecular formula is C50H65N13O9. The monoisotopic (exact) mass is 992 g/mol. The molecular weight excluding hydrogens is 927 g/mol. The summed E-state index contributed by atoms with van der Waals surface area (Å²) in [4.78, 5) is 132. The average molecular weight is 992 g/mol. The number of fused-ring (bicyclic) bond motifs is 1. The third-order valence-corrected chi connectivity index (χ3v) is 11.9. The smallest absolute Gasteiger partial charge is 0.247 e. The molecule has 1 aliphatic rings. The molecule has 5 rings (SSSR count). The van der Waals surface area contributed by atoms with E-state index < -0.39 is 102 Å². The lowest BCUT2D eigenvalue weighted by molar-refractivity contribution is -0.136. The molecule has 0 unspecified atom stereocenters. The summed E-state index contributed by atoms with van der Waals surface area (Å²) in [6, 6.07) is 14.6. The van der Waals surface area contributed by atoms with E-state index in [4.69, 9.17) is 17.2 Å². The Labute approximate surface area is 416 Å². The number of H-pyrrole nitrogens is 1. The van der Waals surface area contributed by atoms with Gasteiger partial charge < -0.3 is 64.7 Å². The van der Waals surface area contributed by atoms with E-state index in [1.54, 1.807) is 84.9 Å². The highest BCUT2D eigenvalue weighted by atomic mass is 16.2. The predicted octanol–water partition coefficient (Wildman–Crippen LogP) is -0.622. The van der Waals surface area contributed by atoms with E-state index in [-0.39, 0.29) is 57.6 Å². The van der Waals surface area contributed by atoms with Crippen LogP contribution in [-0.4, -0.2) is 113 Å². The molecule has 0 saturated carbocycles. The minimum absolute atomic E-state index is 0.0598. The normalized spacial score (nSPS) is 21.2. The lowest BCUT2D eigenvalue weighted by Gasteiger charge is -2.28. The molecule has 7 atom stereocenters. The van der Waals surface area contributed by atoms with Crippen molar-refractivity contribution >= 4 is 70.0 Å². The number of unbranched alkanes of at least 4 members (excludes halogenated alkanes) is 1. The summed E-state index contributed by atoms with van der Waals surface area (Å²) in [6.45, 7) is 2.92. The van der Waals surface area contributed by atoms with E-state index in [0.29, 0.717) is 40.4 Å². The molecule has 22 nitrogen and oxygen atoms in total. The Morgan fingerprint density at radius 1 is 0.708 bits per heavy atom. The number of aromatic nitrogens is 1. The molecule has 0 aliphatic carbocycles. The largest absolute Gasteiger partial charge is 0.370 e. The van der Waals surface area contributed by atoms with Gasteiger partial charge in [0.05, 0.1) is 6.42 Å². The van der Waals surface area contributed by atoms with Gasteiger partial charge in [-0.1, -0.05) is 98.6 Å². The standard InChI is InChI=1S/C50H65N13O9/c1-3-4-19-36(57-29(2)64)44(67)62-40-27-41(65)54-24-22-35(43(51)66)58-49(72)42(33-28-56-34-20-12-11-18-32(33)34)63-45(68)37(21-13-23-55-50(52)53)59-46(69)38(25-30-14-7-5-8-15-30)60-47(70)39(61-48(40)71)26-31-16-9-6-10-17-31/h5-12,14-18,20,28,35-40,42,56H,3-4,13,19,21-27H2,1-2H3,(H2,51,66)(H,54,65)(H,57,64)(H,58,72)(H,59,69)(H,60,70)(H,61,71)(H,62,67)(H,63,68)(H4,52,53,55)/t35-,36-,37+,38-,39+,40+,42-/m0/s1. The van der Waals surface area contributed by atoms with Gasteiger partial charge in [-0.15, -0.1) is 0 Å². The van der Waals surface area contributed by atoms with Gasteiger partial charge in [0, 0.05) is 55.5 Å². The molecule has 1 saturated heterocycles. The summed E-state index contributed by atoms with van der Waals surface area (Å²) in [5, 5.41) is 21.9. The fourth-order valence-corrected chi connectivity index (χ4v) is 8.13. The molecule has 0 radical (unpaired) electrons. The molecule has 72 heavy (non-hydrogen) atoms. The number of hydrogen-bond donors (Lipinski definition) is 12. The van der Waals surface area contributed by atoms with Crippen molar-refractivity contribution in [3.8, 4) is 0 Å². The number of nitrogens with two attached hydrogens (primary N) is 3. The van der Waals surface area contributed by atoms with Crippen molar-refractivity contribution in [3.05, 3.63) is 108 Å². The second-order valence-electron chi connectivity index (χ2n) is 17.5. The summed E-state index contributed by atoms with van der Waals surface area (Å²) in [5.74, 6) is -7.51. The molecule has 1 aromatic heterocycles. The number of carbonyl (C=O) groups excluding carboxylic acids is 9. The first-order valence-corrected chi connectivity index (χ1v) is 23.9. The van der Waals surface area contributed by atoms with Crippen LogP contribution in [0.2, 0.25) is 0 Å². The Morgan fingerprint density at radius 2 is 1.29 bits per heavy atom. The highest BCUT2D eigenvalue weighted by molar-refractivity contribution is 6.00. The summed E-state index contributed by atoms with van der Waals surface area (Å²) in [6.07, 6.45) is 1.92. The zero-order valence-corrected chi connectivity index (χ0v) is 40.3. The summed E-state index contributed by atoms with van der Waals surface area (Å²) < 4.78 is 0. The molecule has 1 aliphatic heterocycles. The fourth-order valence-electron chi connectivity index (χ4n) is 8.13. The number of amides is 9. The van der Waals surface area contributed by atoms with Gasteiger partial charge in [0.1, 0.15) is 42.3 Å². The number of para-hydroxylation sites is 1. The number of nitrogens with zero attached hydrogens (tertiary/aromatic N) is 1. The van der Waals surface area contributed by atoms with Crippen molar-refractivity contribution < 1.29 is 43.2 Å². The van der Waals surface area contributed by atoms with Gasteiger partial charge in [-0.3, -0.25) is 48.1 Å². The van der Waals surface area contributed by atoms with Gasteiger partial charge in [-0.2, -0.15) is 0 Å². The number of carbonyl (C=O) groups is 9. The van der Waals surface area contributed by atoms with Crippen LogP contribution in [-0.2, 0) is 56.0 Å². The topological polar surface area (TPSA) is 356 Å². The molecule has 4 aromatic rings. The van der Waals surface area contributed by atoms with Gasteiger partial charge >= 0.3 is 0 Å². The molecule has 0 spiro atoms. The van der Waals surface area contributed by atoms with Gasteiger partial charge in [0.25, 0.3) is 0 Å². The Morgan fingerprint density at radius 3 is 1.89 bits per heavy atom. The predicted molar refractivity (Wildman–Crippen MR) is 268 cm³/mol. The van der Waals surface area contributed by atoms with E-state index in [1.165, 1.54) is 13.1 Å². The maximum Gasteiger partial charge on any atom is 0.247 e.